The van der Waals surface area contributed by atoms with Gasteiger partial charge in [-0.15, -0.1) is 0 Å². The number of carbonyl (C=O) groups excluding carboxylic acids is 3. The van der Waals surface area contributed by atoms with Gasteiger partial charge in [0.15, 0.2) is 0 Å². The molecule has 1 aliphatic rings. The molecule has 146 valence electrons. The number of hydrogen-bond acceptors (Lipinski definition) is 4. The van der Waals surface area contributed by atoms with E-state index in [2.05, 4.69) is 16.0 Å². The van der Waals surface area contributed by atoms with Crippen LogP contribution < -0.4 is 16.0 Å². The molecule has 0 aromatic heterocycles. The largest absolute Gasteiger partial charge is 0.444 e. The molecule has 4 amide bonds. The molecule has 2 rings (SSSR count). The minimum Gasteiger partial charge on any atom is -0.444 e. The zero-order chi connectivity index (χ0) is 20.0. The second-order valence-corrected chi connectivity index (χ2v) is 7.24. The van der Waals surface area contributed by atoms with E-state index >= 15 is 0 Å². The summed E-state index contributed by atoms with van der Waals surface area (Å²) in [5.74, 6) is -0.155. The molecule has 0 unspecified atom stereocenters. The summed E-state index contributed by atoms with van der Waals surface area (Å²) >= 11 is 0. The summed E-state index contributed by atoms with van der Waals surface area (Å²) < 4.78 is 5.34. The molecule has 27 heavy (non-hydrogen) atoms. The Kier molecular flexibility index (Phi) is 6.44. The third-order valence-electron chi connectivity index (χ3n) is 3.60. The number of nitrogens with one attached hydrogen (secondary N) is 3. The first-order valence-electron chi connectivity index (χ1n) is 8.75. The number of anilines is 2. The van der Waals surface area contributed by atoms with Crippen LogP contribution in [0.25, 0.3) is 0 Å². The summed E-state index contributed by atoms with van der Waals surface area (Å²) in [6, 6.07) is 6.44. The zero-order valence-electron chi connectivity index (χ0n) is 16.1. The lowest BCUT2D eigenvalue weighted by atomic mass is 10.2. The monoisotopic (exact) mass is 374 g/mol. The van der Waals surface area contributed by atoms with Gasteiger partial charge in [0, 0.05) is 43.5 Å². The molecule has 0 aliphatic carbocycles. The topological polar surface area (TPSA) is 99.8 Å². The maximum absolute atomic E-state index is 12.1. The average molecular weight is 374 g/mol. The van der Waals surface area contributed by atoms with Crippen molar-refractivity contribution >= 4 is 29.4 Å². The molecular weight excluding hydrogens is 348 g/mol. The Labute approximate surface area is 158 Å². The molecule has 1 aliphatic heterocycles. The molecule has 1 aromatic carbocycles. The van der Waals surface area contributed by atoms with Crippen LogP contribution in [0.15, 0.2) is 36.0 Å². The Morgan fingerprint density at radius 1 is 1.00 bits per heavy atom. The number of rotatable bonds is 3. The molecule has 3 N–H and O–H groups in total. The number of nitrogens with zero attached hydrogens (tertiary/aromatic N) is 1. The molecule has 0 saturated carbocycles. The maximum atomic E-state index is 12.1. The van der Waals surface area contributed by atoms with Gasteiger partial charge in [0.1, 0.15) is 5.60 Å². The quantitative estimate of drug-likeness (QED) is 0.756. The van der Waals surface area contributed by atoms with Crippen molar-refractivity contribution in [3.63, 3.8) is 0 Å². The minimum absolute atomic E-state index is 0.155. The number of ether oxygens (including phenoxy) is 1. The third kappa shape index (κ3) is 7.01. The summed E-state index contributed by atoms with van der Waals surface area (Å²) in [6.45, 7) is 7.77. The maximum Gasteiger partial charge on any atom is 0.410 e. The Morgan fingerprint density at radius 3 is 2.07 bits per heavy atom. The van der Waals surface area contributed by atoms with E-state index in [9.17, 15) is 14.4 Å². The van der Waals surface area contributed by atoms with Crippen LogP contribution in [0.4, 0.5) is 21.0 Å². The van der Waals surface area contributed by atoms with Crippen LogP contribution in [0.1, 0.15) is 34.1 Å². The first kappa shape index (κ1) is 20.3. The predicted octanol–water partition coefficient (Wildman–Crippen LogP) is 3.29. The Morgan fingerprint density at radius 2 is 1.59 bits per heavy atom. The molecule has 1 aromatic rings. The highest BCUT2D eigenvalue weighted by Gasteiger charge is 2.23. The van der Waals surface area contributed by atoms with E-state index in [1.807, 2.05) is 20.8 Å². The number of carbonyl (C=O) groups is 3. The lowest BCUT2D eigenvalue weighted by Gasteiger charge is -2.29. The van der Waals surface area contributed by atoms with Crippen molar-refractivity contribution in [3.05, 3.63) is 36.0 Å². The van der Waals surface area contributed by atoms with Crippen LogP contribution in [0.2, 0.25) is 0 Å². The highest BCUT2D eigenvalue weighted by Crippen LogP contribution is 2.16. The minimum atomic E-state index is -0.533. The van der Waals surface area contributed by atoms with Crippen LogP contribution in [-0.4, -0.2) is 41.6 Å². The fourth-order valence-electron chi connectivity index (χ4n) is 2.42. The number of hydrogen-bond donors (Lipinski definition) is 3. The Bertz CT molecular complexity index is 735. The summed E-state index contributed by atoms with van der Waals surface area (Å²) in [4.78, 5) is 36.7. The fraction of sp³-hybridized carbons (Fsp3) is 0.421. The summed E-state index contributed by atoms with van der Waals surface area (Å²) in [5.41, 5.74) is 1.48. The first-order valence-corrected chi connectivity index (χ1v) is 8.75. The van der Waals surface area contributed by atoms with Gasteiger partial charge in [0.05, 0.1) is 0 Å². The van der Waals surface area contributed by atoms with Gasteiger partial charge in [0.2, 0.25) is 5.91 Å². The molecule has 8 heteroatoms. The van der Waals surface area contributed by atoms with Crippen molar-refractivity contribution in [3.8, 4) is 0 Å². The molecule has 0 saturated heterocycles. The van der Waals surface area contributed by atoms with Gasteiger partial charge in [0.25, 0.3) is 0 Å². The highest BCUT2D eigenvalue weighted by atomic mass is 16.6. The van der Waals surface area contributed by atoms with E-state index < -0.39 is 5.60 Å². The van der Waals surface area contributed by atoms with Gasteiger partial charge in [-0.2, -0.15) is 0 Å². The number of benzene rings is 1. The third-order valence-corrected chi connectivity index (χ3v) is 3.60. The van der Waals surface area contributed by atoms with Crippen LogP contribution in [0.5, 0.6) is 0 Å². The lowest BCUT2D eigenvalue weighted by molar-refractivity contribution is -0.114. The van der Waals surface area contributed by atoms with Gasteiger partial charge in [-0.1, -0.05) is 0 Å². The first-order chi connectivity index (χ1) is 12.6. The Balaban J connectivity index is 1.82. The van der Waals surface area contributed by atoms with Gasteiger partial charge in [-0.05, 0) is 51.1 Å². The molecular formula is C19H26N4O4. The zero-order valence-corrected chi connectivity index (χ0v) is 16.1. The van der Waals surface area contributed by atoms with Gasteiger partial charge in [-0.3, -0.25) is 4.79 Å². The van der Waals surface area contributed by atoms with Crippen molar-refractivity contribution in [1.82, 2.24) is 10.2 Å². The molecule has 0 radical (unpaired) electrons. The SMILES string of the molecule is CC(=O)Nc1ccc(NC(=O)NC2=CCN(C(=O)OC(C)(C)C)CC2)cc1. The van der Waals surface area contributed by atoms with Crippen molar-refractivity contribution < 1.29 is 19.1 Å². The van der Waals surface area contributed by atoms with Crippen LogP contribution in [0.3, 0.4) is 0 Å². The second kappa shape index (κ2) is 8.57. The average Bonchev–Trinajstić information content (AvgIpc) is 2.55. The van der Waals surface area contributed by atoms with E-state index in [1.54, 1.807) is 35.2 Å². The smallest absolute Gasteiger partial charge is 0.410 e. The molecule has 0 fully saturated rings. The van der Waals surface area contributed by atoms with Crippen molar-refractivity contribution in [2.75, 3.05) is 23.7 Å². The number of urea groups is 1. The fourth-order valence-corrected chi connectivity index (χ4v) is 2.42. The normalized spacial score (nSPS) is 14.1. The molecule has 0 spiro atoms. The van der Waals surface area contributed by atoms with E-state index in [4.69, 9.17) is 4.74 Å². The van der Waals surface area contributed by atoms with Gasteiger partial charge in [-0.25, -0.2) is 9.59 Å². The van der Waals surface area contributed by atoms with Crippen molar-refractivity contribution in [1.29, 1.82) is 0 Å². The lowest BCUT2D eigenvalue weighted by Crippen LogP contribution is -2.41. The Hall–Kier alpha value is -3.03. The van der Waals surface area contributed by atoms with Crippen LogP contribution in [-0.2, 0) is 9.53 Å². The summed E-state index contributed by atoms with van der Waals surface area (Å²) in [5, 5.41) is 8.17. The van der Waals surface area contributed by atoms with Crippen molar-refractivity contribution in [2.45, 2.75) is 39.7 Å². The molecule has 0 bridgehead atoms. The summed E-state index contributed by atoms with van der Waals surface area (Å²) in [7, 11) is 0. The van der Waals surface area contributed by atoms with Crippen LogP contribution >= 0.6 is 0 Å². The standard InChI is InChI=1S/C19H26N4O4/c1-13(24)20-14-5-7-15(8-6-14)21-17(25)22-16-9-11-23(12-10-16)18(26)27-19(2,3)4/h5-9H,10-12H2,1-4H3,(H,20,24)(H2,21,22,25). The van der Waals surface area contributed by atoms with Crippen molar-refractivity contribution in [2.24, 2.45) is 0 Å². The van der Waals surface area contributed by atoms with Gasteiger partial charge >= 0.3 is 12.1 Å². The van der Waals surface area contributed by atoms with Crippen LogP contribution in [0, 0.1) is 0 Å². The van der Waals surface area contributed by atoms with Gasteiger partial charge < -0.3 is 25.6 Å². The second-order valence-electron chi connectivity index (χ2n) is 7.24. The van der Waals surface area contributed by atoms with E-state index in [-0.39, 0.29) is 18.0 Å². The molecule has 0 atom stereocenters. The summed E-state index contributed by atoms with van der Waals surface area (Å²) in [6.07, 6.45) is 1.97. The predicted molar refractivity (Wildman–Crippen MR) is 103 cm³/mol. The highest BCUT2D eigenvalue weighted by molar-refractivity contribution is 5.92. The molecule has 1 heterocycles. The molecule has 8 nitrogen and oxygen atoms in total. The van der Waals surface area contributed by atoms with E-state index in [0.29, 0.717) is 30.9 Å². The number of amides is 4. The van der Waals surface area contributed by atoms with E-state index in [1.165, 1.54) is 6.92 Å². The van der Waals surface area contributed by atoms with E-state index in [0.717, 1.165) is 5.70 Å².